The monoisotopic (exact) mass is 228 g/mol. The molecule has 0 aliphatic heterocycles. The maximum absolute atomic E-state index is 4.19. The van der Waals surface area contributed by atoms with Gasteiger partial charge in [0.2, 0.25) is 0 Å². The van der Waals surface area contributed by atoms with E-state index in [0.29, 0.717) is 0 Å². The molecule has 2 aromatic rings. The quantitative estimate of drug-likeness (QED) is 0.751. The number of hydrogen-bond acceptors (Lipinski definition) is 3. The first-order valence-electron chi connectivity index (χ1n) is 5.05. The van der Waals surface area contributed by atoms with E-state index in [2.05, 4.69) is 34.3 Å². The van der Waals surface area contributed by atoms with Gasteiger partial charge in [-0.05, 0) is 5.56 Å². The van der Waals surface area contributed by atoms with Crippen molar-refractivity contribution < 1.29 is 0 Å². The topological polar surface area (TPSA) is 25.8 Å². The van der Waals surface area contributed by atoms with E-state index in [1.165, 1.54) is 5.56 Å². The lowest BCUT2D eigenvalue weighted by atomic mass is 10.2. The van der Waals surface area contributed by atoms with Crippen molar-refractivity contribution in [1.82, 2.24) is 9.97 Å². The summed E-state index contributed by atoms with van der Waals surface area (Å²) in [7, 11) is 0. The number of benzene rings is 1. The Balaban J connectivity index is 1.83. The first-order valence-corrected chi connectivity index (χ1v) is 6.04. The third-order valence-corrected chi connectivity index (χ3v) is 2.84. The average Bonchev–Trinajstić information content (AvgIpc) is 2.37. The second kappa shape index (κ2) is 6.08. The Bertz CT molecular complexity index is 440. The maximum atomic E-state index is 4.19. The molecule has 2 nitrogen and oxygen atoms in total. The molecular weight excluding hydrogens is 216 g/mol. The lowest BCUT2D eigenvalue weighted by Crippen LogP contribution is -1.80. The van der Waals surface area contributed by atoms with Gasteiger partial charge in [-0.3, -0.25) is 4.98 Å². The van der Waals surface area contributed by atoms with E-state index >= 15 is 0 Å². The van der Waals surface area contributed by atoms with Gasteiger partial charge in [-0.25, -0.2) is 4.98 Å². The minimum absolute atomic E-state index is 0.910. The standard InChI is InChI=1S/C13H12N2S/c1-2-5-12(6-3-1)7-4-10-16-13-11-14-8-9-15-13/h1-9,11H,10H2/b7-4+. The summed E-state index contributed by atoms with van der Waals surface area (Å²) in [5.74, 6) is 0.910. The van der Waals surface area contributed by atoms with Gasteiger partial charge in [-0.15, -0.1) is 11.8 Å². The molecule has 80 valence electrons. The number of aromatic nitrogens is 2. The predicted octanol–water partition coefficient (Wildman–Crippen LogP) is 3.28. The minimum Gasteiger partial charge on any atom is -0.260 e. The molecule has 0 amide bonds. The van der Waals surface area contributed by atoms with Crippen LogP contribution >= 0.6 is 11.8 Å². The molecule has 1 aromatic carbocycles. The van der Waals surface area contributed by atoms with E-state index < -0.39 is 0 Å². The molecular formula is C13H12N2S. The lowest BCUT2D eigenvalue weighted by Gasteiger charge is -1.95. The molecule has 0 bridgehead atoms. The third kappa shape index (κ3) is 3.51. The van der Waals surface area contributed by atoms with Crippen molar-refractivity contribution in [2.24, 2.45) is 0 Å². The normalized spacial score (nSPS) is 10.8. The van der Waals surface area contributed by atoms with Gasteiger partial charge < -0.3 is 0 Å². The van der Waals surface area contributed by atoms with Crippen LogP contribution in [0.5, 0.6) is 0 Å². The van der Waals surface area contributed by atoms with Gasteiger partial charge in [-0.2, -0.15) is 0 Å². The van der Waals surface area contributed by atoms with Crippen LogP contribution < -0.4 is 0 Å². The van der Waals surface area contributed by atoms with E-state index in [0.717, 1.165) is 10.8 Å². The summed E-state index contributed by atoms with van der Waals surface area (Å²) in [6.45, 7) is 0. The zero-order chi connectivity index (χ0) is 11.1. The molecule has 1 aromatic heterocycles. The van der Waals surface area contributed by atoms with Gasteiger partial charge in [-0.1, -0.05) is 42.5 Å². The van der Waals surface area contributed by atoms with E-state index in [1.54, 1.807) is 30.4 Å². The molecule has 0 fully saturated rings. The van der Waals surface area contributed by atoms with E-state index in [4.69, 9.17) is 0 Å². The van der Waals surface area contributed by atoms with E-state index in [9.17, 15) is 0 Å². The van der Waals surface area contributed by atoms with Gasteiger partial charge in [0, 0.05) is 18.1 Å². The summed E-state index contributed by atoms with van der Waals surface area (Å²) in [6.07, 6.45) is 9.42. The molecule has 0 spiro atoms. The molecule has 0 aliphatic rings. The van der Waals surface area contributed by atoms with Crippen LogP contribution in [0.15, 0.2) is 60.0 Å². The summed E-state index contributed by atoms with van der Waals surface area (Å²) in [5, 5.41) is 0.959. The highest BCUT2D eigenvalue weighted by Gasteiger charge is 1.91. The average molecular weight is 228 g/mol. The zero-order valence-corrected chi connectivity index (χ0v) is 9.60. The van der Waals surface area contributed by atoms with Crippen LogP contribution in [0.3, 0.4) is 0 Å². The van der Waals surface area contributed by atoms with Gasteiger partial charge in [0.05, 0.1) is 6.20 Å². The number of nitrogens with zero attached hydrogens (tertiary/aromatic N) is 2. The zero-order valence-electron chi connectivity index (χ0n) is 8.78. The van der Waals surface area contributed by atoms with Crippen molar-refractivity contribution in [2.45, 2.75) is 5.03 Å². The maximum Gasteiger partial charge on any atom is 0.115 e. The molecule has 0 saturated heterocycles. The molecule has 0 unspecified atom stereocenters. The first-order chi connectivity index (χ1) is 7.95. The third-order valence-electron chi connectivity index (χ3n) is 1.98. The SMILES string of the molecule is C(=C\c1ccccc1)/CSc1cnccn1. The van der Waals surface area contributed by atoms with Crippen molar-refractivity contribution in [3.63, 3.8) is 0 Å². The molecule has 0 atom stereocenters. The number of thioether (sulfide) groups is 1. The van der Waals surface area contributed by atoms with Gasteiger partial charge in [0.1, 0.15) is 5.03 Å². The molecule has 0 saturated carbocycles. The fourth-order valence-electron chi connectivity index (χ4n) is 1.24. The van der Waals surface area contributed by atoms with E-state index in [1.807, 2.05) is 18.2 Å². The molecule has 1 heterocycles. The van der Waals surface area contributed by atoms with E-state index in [-0.39, 0.29) is 0 Å². The molecule has 0 radical (unpaired) electrons. The minimum atomic E-state index is 0.910. The van der Waals surface area contributed by atoms with Gasteiger partial charge in [0.15, 0.2) is 0 Å². The summed E-state index contributed by atoms with van der Waals surface area (Å²) in [6, 6.07) is 10.3. The Hall–Kier alpha value is -1.61. The van der Waals surface area contributed by atoms with Crippen molar-refractivity contribution >= 4 is 17.8 Å². The number of hydrogen-bond donors (Lipinski definition) is 0. The summed E-state index contributed by atoms with van der Waals surface area (Å²) in [4.78, 5) is 8.20. The predicted molar refractivity (Wildman–Crippen MR) is 68.2 cm³/mol. The number of rotatable bonds is 4. The Morgan fingerprint density at radius 3 is 2.75 bits per heavy atom. The summed E-state index contributed by atoms with van der Waals surface area (Å²) >= 11 is 1.68. The van der Waals surface area contributed by atoms with Crippen LogP contribution in [0.1, 0.15) is 5.56 Å². The van der Waals surface area contributed by atoms with Crippen LogP contribution in [-0.4, -0.2) is 15.7 Å². The highest BCUT2D eigenvalue weighted by molar-refractivity contribution is 7.99. The van der Waals surface area contributed by atoms with Crippen molar-refractivity contribution in [3.8, 4) is 0 Å². The summed E-state index contributed by atoms with van der Waals surface area (Å²) in [5.41, 5.74) is 1.22. The van der Waals surface area contributed by atoms with Crippen molar-refractivity contribution in [1.29, 1.82) is 0 Å². The first kappa shape index (κ1) is 10.9. The molecule has 0 N–H and O–H groups in total. The van der Waals surface area contributed by atoms with Crippen LogP contribution in [0.2, 0.25) is 0 Å². The van der Waals surface area contributed by atoms with Gasteiger partial charge in [0.25, 0.3) is 0 Å². The Morgan fingerprint density at radius 2 is 2.00 bits per heavy atom. The fourth-order valence-corrected chi connectivity index (χ4v) is 1.88. The second-order valence-electron chi connectivity index (χ2n) is 3.17. The van der Waals surface area contributed by atoms with Crippen molar-refractivity contribution in [2.75, 3.05) is 5.75 Å². The Kier molecular flexibility index (Phi) is 4.14. The van der Waals surface area contributed by atoms with Crippen molar-refractivity contribution in [3.05, 3.63) is 60.6 Å². The van der Waals surface area contributed by atoms with Crippen LogP contribution in [-0.2, 0) is 0 Å². The molecule has 2 rings (SSSR count). The van der Waals surface area contributed by atoms with Crippen LogP contribution in [0, 0.1) is 0 Å². The van der Waals surface area contributed by atoms with Crippen LogP contribution in [0.4, 0.5) is 0 Å². The molecule has 3 heteroatoms. The highest BCUT2D eigenvalue weighted by atomic mass is 32.2. The fraction of sp³-hybridized carbons (Fsp3) is 0.0769. The Labute approximate surface area is 99.5 Å². The van der Waals surface area contributed by atoms with Crippen LogP contribution in [0.25, 0.3) is 6.08 Å². The Morgan fingerprint density at radius 1 is 1.12 bits per heavy atom. The molecule has 16 heavy (non-hydrogen) atoms. The summed E-state index contributed by atoms with van der Waals surface area (Å²) < 4.78 is 0. The second-order valence-corrected chi connectivity index (χ2v) is 4.21. The highest BCUT2D eigenvalue weighted by Crippen LogP contribution is 2.13. The lowest BCUT2D eigenvalue weighted by molar-refractivity contribution is 1.06. The largest absolute Gasteiger partial charge is 0.260 e. The molecule has 0 aliphatic carbocycles. The smallest absolute Gasteiger partial charge is 0.115 e. The van der Waals surface area contributed by atoms with Gasteiger partial charge >= 0.3 is 0 Å².